The summed E-state index contributed by atoms with van der Waals surface area (Å²) in [6, 6.07) is 7.82. The summed E-state index contributed by atoms with van der Waals surface area (Å²) in [6.07, 6.45) is 8.23. The number of anilines is 3. The second-order valence-corrected chi connectivity index (χ2v) is 15.7. The fourth-order valence-corrected chi connectivity index (χ4v) is 8.81. The van der Waals surface area contributed by atoms with Crippen LogP contribution in [-0.2, 0) is 14.3 Å². The molecule has 0 radical (unpaired) electrons. The molecule has 0 bridgehead atoms. The average molecular weight is 805 g/mol. The van der Waals surface area contributed by atoms with Gasteiger partial charge >= 0.3 is 0 Å². The quantitative estimate of drug-likeness (QED) is 0.0816. The predicted molar refractivity (Wildman–Crippen MR) is 218 cm³/mol. The van der Waals surface area contributed by atoms with Gasteiger partial charge in [0.15, 0.2) is 11.6 Å². The van der Waals surface area contributed by atoms with Crippen LogP contribution in [0.15, 0.2) is 47.5 Å². The Morgan fingerprint density at radius 1 is 0.898 bits per heavy atom. The Hall–Kier alpha value is -5.87. The maximum absolute atomic E-state index is 13.5. The van der Waals surface area contributed by atoms with Crippen molar-refractivity contribution in [2.45, 2.75) is 77.3 Å². The Morgan fingerprint density at radius 2 is 1.69 bits per heavy atom. The number of aromatic nitrogens is 4. The molecule has 5 heterocycles. The van der Waals surface area contributed by atoms with E-state index in [1.54, 1.807) is 35.9 Å². The van der Waals surface area contributed by atoms with Crippen LogP contribution < -0.4 is 20.5 Å². The number of rotatable bonds is 14. The maximum atomic E-state index is 13.5. The second kappa shape index (κ2) is 17.2. The van der Waals surface area contributed by atoms with Crippen molar-refractivity contribution in [2.75, 3.05) is 62.8 Å². The molecular formula is C43H48N8O8. The summed E-state index contributed by atoms with van der Waals surface area (Å²) in [7, 11) is 0. The smallest absolute Gasteiger partial charge is 0.266 e. The highest BCUT2D eigenvalue weighted by Gasteiger charge is 2.45. The highest BCUT2D eigenvalue weighted by Crippen LogP contribution is 2.35. The normalized spacial score (nSPS) is 18.9. The minimum absolute atomic E-state index is 0.00167. The largest absolute Gasteiger partial charge is 0.490 e. The molecule has 59 heavy (non-hydrogen) atoms. The van der Waals surface area contributed by atoms with Gasteiger partial charge in [-0.15, -0.1) is 0 Å². The summed E-state index contributed by atoms with van der Waals surface area (Å²) in [4.78, 5) is 96.2. The number of piperazine rings is 1. The molecule has 4 aliphatic rings. The van der Waals surface area contributed by atoms with E-state index >= 15 is 0 Å². The highest BCUT2D eigenvalue weighted by molar-refractivity contribution is 6.24. The van der Waals surface area contributed by atoms with Gasteiger partial charge in [-0.2, -0.15) is 4.98 Å². The van der Waals surface area contributed by atoms with Crippen LogP contribution in [0.4, 0.5) is 17.5 Å². The molecule has 16 heteroatoms. The Labute approximate surface area is 340 Å². The molecule has 1 aromatic carbocycles. The van der Waals surface area contributed by atoms with Crippen LogP contribution in [0.25, 0.3) is 11.0 Å². The van der Waals surface area contributed by atoms with Gasteiger partial charge in [0.1, 0.15) is 29.6 Å². The second-order valence-electron chi connectivity index (χ2n) is 15.7. The third-order valence-corrected chi connectivity index (χ3v) is 11.9. The van der Waals surface area contributed by atoms with Crippen LogP contribution in [0.5, 0.6) is 5.75 Å². The summed E-state index contributed by atoms with van der Waals surface area (Å²) in [5, 5.41) is 3.89. The van der Waals surface area contributed by atoms with E-state index in [4.69, 9.17) is 14.5 Å². The average Bonchev–Trinajstić information content (AvgIpc) is 3.84. The third kappa shape index (κ3) is 8.11. The van der Waals surface area contributed by atoms with Gasteiger partial charge in [0.2, 0.25) is 5.95 Å². The van der Waals surface area contributed by atoms with Gasteiger partial charge in [0, 0.05) is 63.4 Å². The van der Waals surface area contributed by atoms with Crippen LogP contribution in [0.1, 0.15) is 101 Å². The van der Waals surface area contributed by atoms with E-state index in [-0.39, 0.29) is 71.5 Å². The molecule has 1 atom stereocenters. The van der Waals surface area contributed by atoms with Crippen LogP contribution in [0, 0.1) is 6.92 Å². The topological polar surface area (TPSA) is 186 Å². The Morgan fingerprint density at radius 3 is 2.42 bits per heavy atom. The number of carbonyl (C=O) groups is 5. The molecule has 4 aromatic rings. The molecule has 8 rings (SSSR count). The van der Waals surface area contributed by atoms with Crippen LogP contribution in [-0.4, -0.2) is 117 Å². The molecule has 2 saturated carbocycles. The number of nitrogens with one attached hydrogen (secondary N) is 1. The number of pyridine rings is 2. The van der Waals surface area contributed by atoms with Gasteiger partial charge in [-0.05, 0) is 69.4 Å². The van der Waals surface area contributed by atoms with Gasteiger partial charge < -0.3 is 19.7 Å². The van der Waals surface area contributed by atoms with E-state index in [0.29, 0.717) is 41.6 Å². The first-order valence-corrected chi connectivity index (χ1v) is 20.5. The third-order valence-electron chi connectivity index (χ3n) is 11.9. The number of nitrogens with zero attached hydrogens (tertiary/aromatic N) is 7. The number of ether oxygens (including phenoxy) is 2. The fourth-order valence-electron chi connectivity index (χ4n) is 8.81. The molecule has 1 unspecified atom stereocenters. The molecule has 1 N–H and O–H groups in total. The number of fused-ring (bicyclic) bond motifs is 2. The minimum atomic E-state index is -0.925. The lowest BCUT2D eigenvalue weighted by atomic mass is 9.92. The zero-order chi connectivity index (χ0) is 41.2. The molecule has 0 spiro atoms. The molecule has 2 amide bonds. The van der Waals surface area contributed by atoms with Crippen molar-refractivity contribution < 1.29 is 33.4 Å². The molecule has 308 valence electrons. The molecular weight excluding hydrogens is 757 g/mol. The number of imide groups is 1. The predicted octanol–water partition coefficient (Wildman–Crippen LogP) is 4.45. The Bertz CT molecular complexity index is 2370. The standard InChI is InChI=1S/C43H48N8O8/c1-26-32-25-45-43(47-39(32)50(28-7-3-4-8-28)41(56)37(26)27(2)52)46-36-14-11-29(24-44-36)49-18-16-48(17-19-49)15-6-20-58-21-22-59-35-10-5-9-31-38(35)42(57)51(40(31)55)33-13-12-30(53)23-34(33)54/h5,9-11,14,24-25,28,33H,3-4,6-8,12-13,15-23H2,1-2H3,(H,44,45,46,47). The number of benzene rings is 1. The number of hydrogen-bond acceptors (Lipinski definition) is 14. The lowest BCUT2D eigenvalue weighted by molar-refractivity contribution is -0.132. The monoisotopic (exact) mass is 804 g/mol. The molecule has 16 nitrogen and oxygen atoms in total. The summed E-state index contributed by atoms with van der Waals surface area (Å²) < 4.78 is 13.4. The molecule has 3 fully saturated rings. The zero-order valence-electron chi connectivity index (χ0n) is 33.4. The minimum Gasteiger partial charge on any atom is -0.490 e. The van der Waals surface area contributed by atoms with E-state index in [9.17, 15) is 28.8 Å². The SMILES string of the molecule is CC(=O)c1c(C)c2cnc(Nc3ccc(N4CCN(CCCOCCOc5cccc6c5C(=O)N(C5CCC(=O)CC5=O)C6=O)CC4)cn3)nc2n(C2CCCC2)c1=O. The molecule has 2 aliphatic carbocycles. The Kier molecular flexibility index (Phi) is 11.6. The lowest BCUT2D eigenvalue weighted by Crippen LogP contribution is -2.47. The van der Waals surface area contributed by atoms with E-state index < -0.39 is 23.6 Å². The van der Waals surface area contributed by atoms with Crippen LogP contribution >= 0.6 is 0 Å². The fraction of sp³-hybridized carbons (Fsp3) is 0.465. The first-order chi connectivity index (χ1) is 28.6. The summed E-state index contributed by atoms with van der Waals surface area (Å²) in [5.41, 5.74) is 2.43. The van der Waals surface area contributed by atoms with E-state index in [1.807, 2.05) is 18.3 Å². The van der Waals surface area contributed by atoms with Crippen molar-refractivity contribution >= 4 is 57.7 Å². The van der Waals surface area contributed by atoms with Gasteiger partial charge in [-0.25, -0.2) is 9.97 Å². The molecule has 2 aliphatic heterocycles. The number of carbonyl (C=O) groups excluding carboxylic acids is 5. The highest BCUT2D eigenvalue weighted by atomic mass is 16.5. The van der Waals surface area contributed by atoms with Crippen molar-refractivity contribution in [3.8, 4) is 5.75 Å². The number of Topliss-reactive ketones (excluding diaryl/α,β-unsaturated/α-hetero) is 3. The van der Waals surface area contributed by atoms with Gasteiger partial charge in [0.25, 0.3) is 17.4 Å². The zero-order valence-corrected chi connectivity index (χ0v) is 33.4. The summed E-state index contributed by atoms with van der Waals surface area (Å²) in [6.45, 7) is 8.63. The Balaban J connectivity index is 0.775. The number of aryl methyl sites for hydroxylation is 1. The van der Waals surface area contributed by atoms with Crippen molar-refractivity contribution in [3.05, 3.63) is 75.3 Å². The van der Waals surface area contributed by atoms with Crippen molar-refractivity contribution in [1.82, 2.24) is 29.3 Å². The summed E-state index contributed by atoms with van der Waals surface area (Å²) in [5.74, 6) is -0.742. The summed E-state index contributed by atoms with van der Waals surface area (Å²) >= 11 is 0. The van der Waals surface area contributed by atoms with Crippen molar-refractivity contribution in [1.29, 1.82) is 0 Å². The van der Waals surface area contributed by atoms with E-state index in [0.717, 1.165) is 75.4 Å². The van der Waals surface area contributed by atoms with Gasteiger partial charge in [-0.1, -0.05) is 18.9 Å². The van der Waals surface area contributed by atoms with Gasteiger partial charge in [-0.3, -0.25) is 43.1 Å². The maximum Gasteiger partial charge on any atom is 0.266 e. The lowest BCUT2D eigenvalue weighted by Gasteiger charge is -2.36. The van der Waals surface area contributed by atoms with E-state index in [1.165, 1.54) is 6.92 Å². The molecule has 3 aromatic heterocycles. The number of ketones is 3. The van der Waals surface area contributed by atoms with Crippen molar-refractivity contribution in [3.63, 3.8) is 0 Å². The van der Waals surface area contributed by atoms with Crippen LogP contribution in [0.2, 0.25) is 0 Å². The van der Waals surface area contributed by atoms with E-state index in [2.05, 4.69) is 25.1 Å². The number of amides is 2. The first-order valence-electron chi connectivity index (χ1n) is 20.5. The number of hydrogen-bond donors (Lipinski definition) is 1. The molecule has 1 saturated heterocycles. The van der Waals surface area contributed by atoms with Crippen molar-refractivity contribution in [2.24, 2.45) is 0 Å². The van der Waals surface area contributed by atoms with Crippen LogP contribution in [0.3, 0.4) is 0 Å². The first kappa shape index (κ1) is 39.9. The van der Waals surface area contributed by atoms with Gasteiger partial charge in [0.05, 0.1) is 47.6 Å².